The van der Waals surface area contributed by atoms with Gasteiger partial charge in [0, 0.05) is 21.3 Å². The van der Waals surface area contributed by atoms with Gasteiger partial charge >= 0.3 is 0 Å². The number of ketones is 1. The molecular weight excluding hydrogens is 516 g/mol. The average molecular weight is 534 g/mol. The molecule has 0 aliphatic carbocycles. The number of carbonyl (C=O) groups is 3. The van der Waals surface area contributed by atoms with E-state index in [1.54, 1.807) is 42.5 Å². The number of rotatable bonds is 3. The average Bonchev–Trinajstić information content (AvgIpc) is 3.31. The summed E-state index contributed by atoms with van der Waals surface area (Å²) in [5, 5.41) is 0.526. The molecule has 34 heavy (non-hydrogen) atoms. The summed E-state index contributed by atoms with van der Waals surface area (Å²) in [5.74, 6) is -2.29. The Balaban J connectivity index is 1.50. The van der Waals surface area contributed by atoms with E-state index in [2.05, 4.69) is 15.9 Å². The fourth-order valence-corrected chi connectivity index (χ4v) is 6.02. The second-order valence-electron chi connectivity index (χ2n) is 8.70. The topological polar surface area (TPSA) is 57.7 Å². The third kappa shape index (κ3) is 3.09. The highest BCUT2D eigenvalue weighted by molar-refractivity contribution is 9.10. The Labute approximate surface area is 209 Å². The van der Waals surface area contributed by atoms with Crippen molar-refractivity contribution in [1.82, 2.24) is 4.90 Å². The lowest BCUT2D eigenvalue weighted by atomic mass is 9.83. The summed E-state index contributed by atoms with van der Waals surface area (Å²) in [7, 11) is 0. The quantitative estimate of drug-likeness (QED) is 0.330. The van der Waals surface area contributed by atoms with Gasteiger partial charge in [-0.2, -0.15) is 0 Å². The van der Waals surface area contributed by atoms with E-state index in [-0.39, 0.29) is 17.6 Å². The van der Waals surface area contributed by atoms with E-state index in [4.69, 9.17) is 11.6 Å². The van der Waals surface area contributed by atoms with Crippen molar-refractivity contribution in [3.8, 4) is 0 Å². The van der Waals surface area contributed by atoms with Gasteiger partial charge < -0.3 is 4.90 Å². The molecule has 3 aliphatic heterocycles. The zero-order valence-electron chi connectivity index (χ0n) is 17.8. The van der Waals surface area contributed by atoms with Crippen molar-refractivity contribution in [3.63, 3.8) is 0 Å². The largest absolute Gasteiger partial charge is 0.358 e. The summed E-state index contributed by atoms with van der Waals surface area (Å²) in [6, 6.07) is 20.4. The van der Waals surface area contributed by atoms with Crippen molar-refractivity contribution < 1.29 is 14.4 Å². The first-order valence-corrected chi connectivity index (χ1v) is 12.1. The molecule has 2 amide bonds. The maximum atomic E-state index is 13.8. The van der Waals surface area contributed by atoms with E-state index < -0.39 is 23.9 Å². The molecule has 1 unspecified atom stereocenters. The second kappa shape index (κ2) is 7.93. The van der Waals surface area contributed by atoms with Crippen LogP contribution in [0.25, 0.3) is 6.08 Å². The van der Waals surface area contributed by atoms with Gasteiger partial charge in [0.2, 0.25) is 11.8 Å². The van der Waals surface area contributed by atoms with Gasteiger partial charge in [0.25, 0.3) is 0 Å². The van der Waals surface area contributed by atoms with Crippen LogP contribution >= 0.6 is 27.5 Å². The molecule has 3 aromatic carbocycles. The molecule has 3 aliphatic rings. The summed E-state index contributed by atoms with van der Waals surface area (Å²) in [4.78, 5) is 44.6. The zero-order valence-corrected chi connectivity index (χ0v) is 20.1. The smallest absolute Gasteiger partial charge is 0.240 e. The highest BCUT2D eigenvalue weighted by Gasteiger charge is 2.64. The van der Waals surface area contributed by atoms with Crippen LogP contribution in [0.4, 0.5) is 5.69 Å². The minimum Gasteiger partial charge on any atom is -0.358 e. The van der Waals surface area contributed by atoms with Gasteiger partial charge in [0.1, 0.15) is 6.04 Å². The van der Waals surface area contributed by atoms with Crippen LogP contribution in [-0.4, -0.2) is 28.5 Å². The summed E-state index contributed by atoms with van der Waals surface area (Å²) in [6.45, 7) is 0. The Hall–Kier alpha value is -3.22. The number of Topliss-reactive ketones (excluding diaryl/α,β-unsaturated/α-hetero) is 1. The van der Waals surface area contributed by atoms with Crippen LogP contribution in [0.15, 0.2) is 83.5 Å². The van der Waals surface area contributed by atoms with Crippen LogP contribution in [0.2, 0.25) is 5.02 Å². The van der Waals surface area contributed by atoms with Crippen LogP contribution in [0, 0.1) is 11.8 Å². The maximum absolute atomic E-state index is 13.8. The fourth-order valence-electron chi connectivity index (χ4n) is 5.51. The van der Waals surface area contributed by atoms with E-state index in [0.29, 0.717) is 16.3 Å². The number of hydrogen-bond donors (Lipinski definition) is 0. The van der Waals surface area contributed by atoms with Crippen LogP contribution in [0.1, 0.15) is 27.5 Å². The van der Waals surface area contributed by atoms with E-state index >= 15 is 0 Å². The summed E-state index contributed by atoms with van der Waals surface area (Å²) in [5.41, 5.74) is 2.90. The van der Waals surface area contributed by atoms with E-state index in [1.807, 2.05) is 47.5 Å². The van der Waals surface area contributed by atoms with Crippen molar-refractivity contribution >= 4 is 56.9 Å². The molecule has 2 fully saturated rings. The lowest BCUT2D eigenvalue weighted by Gasteiger charge is -2.35. The monoisotopic (exact) mass is 532 g/mol. The highest BCUT2D eigenvalue weighted by atomic mass is 79.9. The van der Waals surface area contributed by atoms with Crippen molar-refractivity contribution in [2.24, 2.45) is 11.8 Å². The molecule has 4 atom stereocenters. The predicted octanol–water partition coefficient (Wildman–Crippen LogP) is 5.50. The Morgan fingerprint density at radius 3 is 2.38 bits per heavy atom. The van der Waals surface area contributed by atoms with Gasteiger partial charge in [-0.05, 0) is 59.7 Å². The molecule has 5 nitrogen and oxygen atoms in total. The molecule has 3 aromatic rings. The molecule has 0 N–H and O–H groups in total. The van der Waals surface area contributed by atoms with Crippen LogP contribution < -0.4 is 4.90 Å². The minimum absolute atomic E-state index is 0.199. The highest BCUT2D eigenvalue weighted by Crippen LogP contribution is 2.53. The second-order valence-corrected chi connectivity index (χ2v) is 10.0. The van der Waals surface area contributed by atoms with Gasteiger partial charge in [0.15, 0.2) is 5.78 Å². The molecule has 7 heteroatoms. The van der Waals surface area contributed by atoms with Gasteiger partial charge in [-0.15, -0.1) is 0 Å². The normalized spacial score (nSPS) is 24.8. The Morgan fingerprint density at radius 2 is 1.62 bits per heavy atom. The molecular formula is C27H18BrClN2O3. The predicted molar refractivity (Wildman–Crippen MR) is 133 cm³/mol. The zero-order chi connectivity index (χ0) is 23.6. The van der Waals surface area contributed by atoms with Gasteiger partial charge in [-0.3, -0.25) is 14.4 Å². The van der Waals surface area contributed by atoms with Crippen molar-refractivity contribution in [2.45, 2.75) is 12.1 Å². The number of anilines is 1. The Bertz CT molecular complexity index is 1390. The van der Waals surface area contributed by atoms with Gasteiger partial charge in [0.05, 0.1) is 23.6 Å². The minimum atomic E-state index is -0.797. The van der Waals surface area contributed by atoms with Crippen molar-refractivity contribution in [1.29, 1.82) is 0 Å². The number of halogens is 2. The molecule has 2 saturated heterocycles. The van der Waals surface area contributed by atoms with Gasteiger partial charge in [-0.1, -0.05) is 57.9 Å². The van der Waals surface area contributed by atoms with Crippen molar-refractivity contribution in [3.05, 3.63) is 105 Å². The summed E-state index contributed by atoms with van der Waals surface area (Å²) in [6.07, 6.45) is 3.80. The van der Waals surface area contributed by atoms with E-state index in [1.165, 1.54) is 4.90 Å². The Morgan fingerprint density at radius 1 is 0.882 bits per heavy atom. The molecule has 0 spiro atoms. The van der Waals surface area contributed by atoms with Gasteiger partial charge in [-0.25, -0.2) is 4.90 Å². The number of nitrogens with zero attached hydrogens (tertiary/aromatic N) is 2. The lowest BCUT2D eigenvalue weighted by Crippen LogP contribution is -2.44. The Kier molecular flexibility index (Phi) is 4.97. The number of imide groups is 1. The fraction of sp³-hybridized carbons (Fsp3) is 0.148. The summed E-state index contributed by atoms with van der Waals surface area (Å²) < 4.78 is 0.768. The maximum Gasteiger partial charge on any atom is 0.240 e. The van der Waals surface area contributed by atoms with E-state index in [0.717, 1.165) is 15.6 Å². The first kappa shape index (κ1) is 21.3. The number of hydrogen-bond acceptors (Lipinski definition) is 4. The first-order chi connectivity index (χ1) is 16.5. The molecule has 168 valence electrons. The molecule has 0 aromatic heterocycles. The van der Waals surface area contributed by atoms with Crippen LogP contribution in [0.5, 0.6) is 0 Å². The lowest BCUT2D eigenvalue weighted by molar-refractivity contribution is -0.123. The first-order valence-electron chi connectivity index (χ1n) is 10.9. The SMILES string of the molecule is O=C(c1ccc(Cl)cc1)[C@H]1[C@H]2C(=O)N(c3cccc(Br)c3)C(=O)[C@H]2C2c3ccccc3C=CN21. The van der Waals surface area contributed by atoms with Crippen LogP contribution in [0.3, 0.4) is 0 Å². The van der Waals surface area contributed by atoms with Crippen LogP contribution in [-0.2, 0) is 9.59 Å². The molecule has 0 bridgehead atoms. The number of benzene rings is 3. The summed E-state index contributed by atoms with van der Waals surface area (Å²) >= 11 is 9.46. The number of fused-ring (bicyclic) bond motifs is 5. The standard InChI is InChI=1S/C27H18BrClN2O3/c28-17-5-3-6-19(14-17)31-26(33)21-22(27(31)34)24(25(32)16-8-10-18(29)11-9-16)30-13-12-15-4-1-2-7-20(15)23(21)30/h1-14,21-24H/t21-,22+,23?,24-/m1/s1. The number of amides is 2. The number of carbonyl (C=O) groups excluding carboxylic acids is 3. The molecule has 3 heterocycles. The third-order valence-electron chi connectivity index (χ3n) is 6.93. The molecule has 6 rings (SSSR count). The molecule has 0 radical (unpaired) electrons. The van der Waals surface area contributed by atoms with Crippen molar-refractivity contribution in [2.75, 3.05) is 4.90 Å². The van der Waals surface area contributed by atoms with E-state index in [9.17, 15) is 14.4 Å². The molecule has 0 saturated carbocycles. The third-order valence-corrected chi connectivity index (χ3v) is 7.67.